The van der Waals surface area contributed by atoms with Crippen molar-refractivity contribution >= 4 is 39.7 Å². The number of non-ortho nitro benzene ring substituents is 1. The van der Waals surface area contributed by atoms with Crippen LogP contribution >= 0.6 is 22.6 Å². The van der Waals surface area contributed by atoms with Crippen molar-refractivity contribution in [3.63, 3.8) is 0 Å². The molecule has 2 aromatic rings. The molecule has 19 heavy (non-hydrogen) atoms. The molecule has 0 radical (unpaired) electrons. The molecular weight excluding hydrogens is 359 g/mol. The second-order valence-corrected chi connectivity index (χ2v) is 5.27. The maximum absolute atomic E-state index is 10.7. The van der Waals surface area contributed by atoms with Gasteiger partial charge in [-0.15, -0.1) is 0 Å². The summed E-state index contributed by atoms with van der Waals surface area (Å²) in [5, 5.41) is 21.9. The van der Waals surface area contributed by atoms with Gasteiger partial charge in [0.1, 0.15) is 0 Å². The van der Waals surface area contributed by atoms with Gasteiger partial charge >= 0.3 is 0 Å². The quantitative estimate of drug-likeness (QED) is 0.503. The predicted octanol–water partition coefficient (Wildman–Crippen LogP) is 4.04. The minimum absolute atomic E-state index is 0.0558. The van der Waals surface area contributed by atoms with E-state index in [9.17, 15) is 15.3 Å². The molecule has 0 heterocycles. The van der Waals surface area contributed by atoms with E-state index in [0.717, 1.165) is 14.2 Å². The maximum atomic E-state index is 10.7. The first kappa shape index (κ1) is 13.8. The van der Waals surface area contributed by atoms with E-state index in [2.05, 4.69) is 22.6 Å². The first-order valence-electron chi connectivity index (χ1n) is 5.48. The predicted molar refractivity (Wildman–Crippen MR) is 80.9 cm³/mol. The van der Waals surface area contributed by atoms with Gasteiger partial charge in [-0.25, -0.2) is 5.06 Å². The van der Waals surface area contributed by atoms with E-state index in [0.29, 0.717) is 11.4 Å². The van der Waals surface area contributed by atoms with E-state index >= 15 is 0 Å². The number of nitro groups is 1. The summed E-state index contributed by atoms with van der Waals surface area (Å²) < 4.78 is 1.06. The summed E-state index contributed by atoms with van der Waals surface area (Å²) in [7, 11) is 0. The van der Waals surface area contributed by atoms with Gasteiger partial charge in [0.25, 0.3) is 5.69 Å². The Kier molecular flexibility index (Phi) is 4.01. The molecule has 6 heteroatoms. The molecule has 0 spiro atoms. The minimum Gasteiger partial charge on any atom is -0.283 e. The van der Waals surface area contributed by atoms with Gasteiger partial charge in [-0.2, -0.15) is 0 Å². The lowest BCUT2D eigenvalue weighted by atomic mass is 10.2. The molecule has 0 saturated heterocycles. The number of anilines is 2. The molecule has 0 fully saturated rings. The van der Waals surface area contributed by atoms with Gasteiger partial charge in [-0.05, 0) is 59.3 Å². The molecule has 0 saturated carbocycles. The largest absolute Gasteiger partial charge is 0.283 e. The van der Waals surface area contributed by atoms with Gasteiger partial charge in [0.05, 0.1) is 16.3 Å². The van der Waals surface area contributed by atoms with Crippen molar-refractivity contribution in [1.82, 2.24) is 0 Å². The van der Waals surface area contributed by atoms with Crippen molar-refractivity contribution in [2.45, 2.75) is 6.92 Å². The molecule has 0 aliphatic rings. The van der Waals surface area contributed by atoms with Gasteiger partial charge in [-0.1, -0.05) is 6.07 Å². The molecule has 2 rings (SSSR count). The van der Waals surface area contributed by atoms with Crippen LogP contribution in [0.15, 0.2) is 42.5 Å². The van der Waals surface area contributed by atoms with Gasteiger partial charge in [0.15, 0.2) is 0 Å². The molecular formula is C13H11IN2O3. The lowest BCUT2D eigenvalue weighted by molar-refractivity contribution is -0.384. The average molecular weight is 370 g/mol. The van der Waals surface area contributed by atoms with E-state index in [1.54, 1.807) is 18.2 Å². The Balaban J connectivity index is 2.41. The Morgan fingerprint density at radius 1 is 1.26 bits per heavy atom. The van der Waals surface area contributed by atoms with Crippen LogP contribution in [0, 0.1) is 20.6 Å². The number of halogens is 1. The molecule has 0 aliphatic carbocycles. The first-order valence-corrected chi connectivity index (χ1v) is 6.56. The van der Waals surface area contributed by atoms with E-state index in [1.165, 1.54) is 12.1 Å². The van der Waals surface area contributed by atoms with Crippen molar-refractivity contribution in [2.24, 2.45) is 0 Å². The fourth-order valence-corrected chi connectivity index (χ4v) is 2.38. The number of nitrogens with zero attached hydrogens (tertiary/aromatic N) is 2. The van der Waals surface area contributed by atoms with Crippen LogP contribution in [0.3, 0.4) is 0 Å². The molecule has 5 nitrogen and oxygen atoms in total. The lowest BCUT2D eigenvalue weighted by Gasteiger charge is -2.19. The maximum Gasteiger partial charge on any atom is 0.271 e. The number of nitro benzene ring substituents is 1. The van der Waals surface area contributed by atoms with Gasteiger partial charge in [-0.3, -0.25) is 15.3 Å². The van der Waals surface area contributed by atoms with Crippen molar-refractivity contribution < 1.29 is 10.1 Å². The van der Waals surface area contributed by atoms with Crippen LogP contribution in [-0.4, -0.2) is 10.1 Å². The highest BCUT2D eigenvalue weighted by Crippen LogP contribution is 2.29. The number of aryl methyl sites for hydroxylation is 1. The molecule has 0 aromatic heterocycles. The number of hydrogen-bond donors (Lipinski definition) is 1. The van der Waals surface area contributed by atoms with E-state index in [1.807, 2.05) is 19.1 Å². The van der Waals surface area contributed by atoms with Crippen LogP contribution < -0.4 is 5.06 Å². The highest BCUT2D eigenvalue weighted by atomic mass is 127. The molecule has 0 bridgehead atoms. The van der Waals surface area contributed by atoms with Gasteiger partial charge < -0.3 is 0 Å². The van der Waals surface area contributed by atoms with E-state index < -0.39 is 4.92 Å². The van der Waals surface area contributed by atoms with Crippen LogP contribution in [0.5, 0.6) is 0 Å². The Morgan fingerprint density at radius 3 is 2.63 bits per heavy atom. The van der Waals surface area contributed by atoms with Crippen LogP contribution in [0.25, 0.3) is 0 Å². The molecule has 0 atom stereocenters. The summed E-state index contributed by atoms with van der Waals surface area (Å²) in [4.78, 5) is 10.2. The van der Waals surface area contributed by atoms with Gasteiger partial charge in [0.2, 0.25) is 0 Å². The third-order valence-corrected chi connectivity index (χ3v) is 3.34. The Morgan fingerprint density at radius 2 is 2.00 bits per heavy atom. The topological polar surface area (TPSA) is 66.6 Å². The molecule has 0 amide bonds. The summed E-state index contributed by atoms with van der Waals surface area (Å²) in [6, 6.07) is 11.4. The molecule has 2 aromatic carbocycles. The average Bonchev–Trinajstić information content (AvgIpc) is 2.38. The molecule has 98 valence electrons. The fourth-order valence-electron chi connectivity index (χ4n) is 1.73. The normalized spacial score (nSPS) is 10.3. The summed E-state index contributed by atoms with van der Waals surface area (Å²) >= 11 is 2.18. The van der Waals surface area contributed by atoms with Crippen LogP contribution in [0.1, 0.15) is 5.56 Å². The highest BCUT2D eigenvalue weighted by Gasteiger charge is 2.13. The van der Waals surface area contributed by atoms with Crippen LogP contribution in [-0.2, 0) is 0 Å². The zero-order valence-corrected chi connectivity index (χ0v) is 12.2. The lowest BCUT2D eigenvalue weighted by Crippen LogP contribution is -2.12. The van der Waals surface area contributed by atoms with Crippen molar-refractivity contribution in [3.8, 4) is 0 Å². The van der Waals surface area contributed by atoms with Crippen molar-refractivity contribution in [1.29, 1.82) is 0 Å². The summed E-state index contributed by atoms with van der Waals surface area (Å²) in [6.07, 6.45) is 0. The summed E-state index contributed by atoms with van der Waals surface area (Å²) in [5.74, 6) is 0. The van der Waals surface area contributed by atoms with Crippen molar-refractivity contribution in [2.75, 3.05) is 5.06 Å². The third kappa shape index (κ3) is 3.02. The Hall–Kier alpha value is -1.67. The second kappa shape index (κ2) is 5.54. The third-order valence-electron chi connectivity index (χ3n) is 2.67. The number of hydrogen-bond acceptors (Lipinski definition) is 4. The minimum atomic E-state index is -0.488. The smallest absolute Gasteiger partial charge is 0.271 e. The zero-order chi connectivity index (χ0) is 14.0. The summed E-state index contributed by atoms with van der Waals surface area (Å²) in [5.41, 5.74) is 1.79. The molecule has 1 N–H and O–H groups in total. The Labute approximate surface area is 123 Å². The standard InChI is InChI=1S/C13H11IN2O3/c1-9-7-10(14)5-6-13(9)15(17)11-3-2-4-12(8-11)16(18)19/h2-8,17H,1H3. The van der Waals surface area contributed by atoms with Crippen LogP contribution in [0.2, 0.25) is 0 Å². The number of rotatable bonds is 3. The number of benzene rings is 2. The monoisotopic (exact) mass is 370 g/mol. The molecule has 0 aliphatic heterocycles. The highest BCUT2D eigenvalue weighted by molar-refractivity contribution is 14.1. The second-order valence-electron chi connectivity index (χ2n) is 4.02. The first-order chi connectivity index (χ1) is 8.99. The Bertz CT molecular complexity index is 631. The van der Waals surface area contributed by atoms with E-state index in [4.69, 9.17) is 0 Å². The SMILES string of the molecule is Cc1cc(I)ccc1N(O)c1cccc([N+](=O)[O-])c1. The summed E-state index contributed by atoms with van der Waals surface area (Å²) in [6.45, 7) is 1.87. The molecule has 0 unspecified atom stereocenters. The zero-order valence-electron chi connectivity index (χ0n) is 10.1. The van der Waals surface area contributed by atoms with Crippen molar-refractivity contribution in [3.05, 3.63) is 61.7 Å². The fraction of sp³-hybridized carbons (Fsp3) is 0.0769. The van der Waals surface area contributed by atoms with E-state index in [-0.39, 0.29) is 5.69 Å². The van der Waals surface area contributed by atoms with Gasteiger partial charge in [0, 0.05) is 15.7 Å². The van der Waals surface area contributed by atoms with Crippen LogP contribution in [0.4, 0.5) is 17.1 Å².